The summed E-state index contributed by atoms with van der Waals surface area (Å²) >= 11 is 12.7. The fourth-order valence-electron chi connectivity index (χ4n) is 4.85. The highest BCUT2D eigenvalue weighted by Crippen LogP contribution is 2.33. The van der Waals surface area contributed by atoms with Crippen molar-refractivity contribution in [2.75, 3.05) is 19.6 Å². The lowest BCUT2D eigenvalue weighted by molar-refractivity contribution is -0.119. The van der Waals surface area contributed by atoms with E-state index in [1.54, 1.807) is 19.2 Å². The normalized spacial score (nSPS) is 14.8. The minimum absolute atomic E-state index is 0.0395. The zero-order chi connectivity index (χ0) is 28.0. The number of likely N-dealkylation sites (tertiary alicyclic amines) is 1. The number of pyridine rings is 1. The molecule has 1 amide bonds. The predicted molar refractivity (Wildman–Crippen MR) is 161 cm³/mol. The molecule has 1 aliphatic heterocycles. The molecule has 7 heteroatoms. The van der Waals surface area contributed by atoms with Gasteiger partial charge in [-0.3, -0.25) is 14.7 Å². The molecule has 1 fully saturated rings. The topological polar surface area (TPSA) is 54.5 Å². The first-order chi connectivity index (χ1) is 18.5. The van der Waals surface area contributed by atoms with Gasteiger partial charge in [0.1, 0.15) is 11.5 Å². The molecule has 0 radical (unpaired) electrons. The summed E-state index contributed by atoms with van der Waals surface area (Å²) in [6, 6.07) is 16.0. The number of piperidine rings is 1. The highest BCUT2D eigenvalue weighted by Gasteiger charge is 2.20. The van der Waals surface area contributed by atoms with Crippen LogP contribution >= 0.6 is 23.2 Å². The Morgan fingerprint density at radius 3 is 2.31 bits per heavy atom. The molecule has 0 atom stereocenters. The number of carbonyl (C=O) groups is 1. The third-order valence-electron chi connectivity index (χ3n) is 7.08. The van der Waals surface area contributed by atoms with Crippen molar-refractivity contribution in [2.45, 2.75) is 59.9 Å². The van der Waals surface area contributed by atoms with Crippen LogP contribution < -0.4 is 10.1 Å². The summed E-state index contributed by atoms with van der Waals surface area (Å²) in [6.07, 6.45) is 5.97. The number of rotatable bonds is 9. The maximum absolute atomic E-state index is 11.3. The summed E-state index contributed by atoms with van der Waals surface area (Å²) in [6.45, 7) is 11.9. The van der Waals surface area contributed by atoms with Crippen molar-refractivity contribution in [1.29, 1.82) is 0 Å². The third kappa shape index (κ3) is 9.52. The number of amides is 1. The molecule has 0 saturated carbocycles. The Balaban J connectivity index is 1.51. The van der Waals surface area contributed by atoms with Crippen molar-refractivity contribution in [3.05, 3.63) is 76.0 Å². The number of nitrogens with zero attached hydrogens (tertiary/aromatic N) is 2. The molecule has 1 N–H and O–H groups in total. The van der Waals surface area contributed by atoms with Gasteiger partial charge in [0.25, 0.3) is 0 Å². The van der Waals surface area contributed by atoms with Gasteiger partial charge in [-0.25, -0.2) is 0 Å². The molecule has 0 aliphatic carbocycles. The van der Waals surface area contributed by atoms with Gasteiger partial charge in [-0.1, -0.05) is 44.0 Å². The van der Waals surface area contributed by atoms with Gasteiger partial charge < -0.3 is 10.1 Å². The first kappa shape index (κ1) is 29.4. The molecule has 1 saturated heterocycles. The molecule has 3 aromatic rings. The van der Waals surface area contributed by atoms with Crippen molar-refractivity contribution >= 4 is 29.1 Å². The van der Waals surface area contributed by atoms with E-state index in [4.69, 9.17) is 27.9 Å². The van der Waals surface area contributed by atoms with Crippen LogP contribution in [0, 0.1) is 11.3 Å². The number of aryl methyl sites for hydroxylation is 1. The molecule has 4 rings (SSSR count). The van der Waals surface area contributed by atoms with E-state index in [1.165, 1.54) is 0 Å². The van der Waals surface area contributed by atoms with Gasteiger partial charge in [-0.15, -0.1) is 0 Å². The molecule has 0 spiro atoms. The largest absolute Gasteiger partial charge is 0.456 e. The predicted octanol–water partition coefficient (Wildman–Crippen LogP) is 8.17. The molecule has 39 heavy (non-hydrogen) atoms. The summed E-state index contributed by atoms with van der Waals surface area (Å²) in [5.74, 6) is 2.03. The number of ether oxygens (including phenoxy) is 1. The van der Waals surface area contributed by atoms with Gasteiger partial charge in [0.15, 0.2) is 0 Å². The Morgan fingerprint density at radius 2 is 1.69 bits per heavy atom. The number of aromatic nitrogens is 1. The van der Waals surface area contributed by atoms with Crippen LogP contribution in [0.2, 0.25) is 10.0 Å². The van der Waals surface area contributed by atoms with E-state index < -0.39 is 0 Å². The maximum atomic E-state index is 11.3. The van der Waals surface area contributed by atoms with E-state index in [2.05, 4.69) is 48.1 Å². The summed E-state index contributed by atoms with van der Waals surface area (Å²) < 4.78 is 6.32. The van der Waals surface area contributed by atoms with Gasteiger partial charge in [-0.05, 0) is 115 Å². The van der Waals surface area contributed by atoms with E-state index in [0.717, 1.165) is 80.0 Å². The molecule has 5 nitrogen and oxygen atoms in total. The maximum Gasteiger partial charge on any atom is 0.216 e. The van der Waals surface area contributed by atoms with Gasteiger partial charge in [-0.2, -0.15) is 0 Å². The summed E-state index contributed by atoms with van der Waals surface area (Å²) in [4.78, 5) is 18.4. The average Bonchev–Trinajstić information content (AvgIpc) is 2.87. The minimum atomic E-state index is 0.0395. The Hall–Kier alpha value is -2.60. The second-order valence-corrected chi connectivity index (χ2v) is 12.7. The molecule has 2 heterocycles. The molecule has 1 aliphatic rings. The average molecular weight is 569 g/mol. The van der Waals surface area contributed by atoms with Crippen LogP contribution in [-0.4, -0.2) is 35.4 Å². The lowest BCUT2D eigenvalue weighted by Gasteiger charge is -2.32. The molecule has 0 unspecified atom stereocenters. The number of hydrogen-bond donors (Lipinski definition) is 1. The number of carbonyl (C=O) groups excluding carboxylic acids is 1. The van der Waals surface area contributed by atoms with E-state index in [1.807, 2.05) is 30.3 Å². The lowest BCUT2D eigenvalue weighted by atomic mass is 9.90. The quantitative estimate of drug-likeness (QED) is 0.283. The highest BCUT2D eigenvalue weighted by atomic mass is 35.5. The van der Waals surface area contributed by atoms with Crippen molar-refractivity contribution in [3.8, 4) is 22.6 Å². The van der Waals surface area contributed by atoms with Crippen LogP contribution in [0.4, 0.5) is 0 Å². The standard InChI is InChI=1S/C32H39Cl2N3O2/c1-22(38)35-19-23-8-11-37(12-9-23)21-24-13-25(26-15-27(33)18-28(34)16-26)17-31(14-24)39-30-6-5-29(36-20-30)7-10-32(2,3)4/h5-6,13-18,20,23H,7-12,19,21H2,1-4H3,(H,35,38). The monoisotopic (exact) mass is 567 g/mol. The first-order valence-corrected chi connectivity index (χ1v) is 14.5. The highest BCUT2D eigenvalue weighted by molar-refractivity contribution is 6.35. The van der Waals surface area contributed by atoms with Crippen LogP contribution in [0.5, 0.6) is 11.5 Å². The van der Waals surface area contributed by atoms with Crippen molar-refractivity contribution < 1.29 is 9.53 Å². The van der Waals surface area contributed by atoms with Crippen LogP contribution in [0.25, 0.3) is 11.1 Å². The van der Waals surface area contributed by atoms with Crippen LogP contribution in [0.1, 0.15) is 58.2 Å². The van der Waals surface area contributed by atoms with Crippen LogP contribution in [0.15, 0.2) is 54.7 Å². The zero-order valence-electron chi connectivity index (χ0n) is 23.4. The smallest absolute Gasteiger partial charge is 0.216 e. The summed E-state index contributed by atoms with van der Waals surface area (Å²) in [5.41, 5.74) is 4.46. The second kappa shape index (κ2) is 13.2. The lowest BCUT2D eigenvalue weighted by Crippen LogP contribution is -2.37. The van der Waals surface area contributed by atoms with Crippen LogP contribution in [-0.2, 0) is 17.8 Å². The SMILES string of the molecule is CC(=O)NCC1CCN(Cc2cc(Oc3ccc(CCC(C)(C)C)nc3)cc(-c3cc(Cl)cc(Cl)c3)c2)CC1. The first-order valence-electron chi connectivity index (χ1n) is 13.7. The van der Waals surface area contributed by atoms with Gasteiger partial charge >= 0.3 is 0 Å². The second-order valence-electron chi connectivity index (χ2n) is 11.8. The molecule has 2 aromatic carbocycles. The fourth-order valence-corrected chi connectivity index (χ4v) is 5.38. The number of nitrogens with one attached hydrogen (secondary N) is 1. The number of benzene rings is 2. The van der Waals surface area contributed by atoms with E-state index >= 15 is 0 Å². The van der Waals surface area contributed by atoms with Crippen molar-refractivity contribution in [2.24, 2.45) is 11.3 Å². The third-order valence-corrected chi connectivity index (χ3v) is 7.52. The zero-order valence-corrected chi connectivity index (χ0v) is 24.9. The Kier molecular flexibility index (Phi) is 9.92. The van der Waals surface area contributed by atoms with Crippen LogP contribution in [0.3, 0.4) is 0 Å². The summed E-state index contributed by atoms with van der Waals surface area (Å²) in [7, 11) is 0. The molecule has 208 valence electrons. The number of hydrogen-bond acceptors (Lipinski definition) is 4. The van der Waals surface area contributed by atoms with Gasteiger partial charge in [0.2, 0.25) is 5.91 Å². The molecule has 0 bridgehead atoms. The van der Waals surface area contributed by atoms with Crippen molar-refractivity contribution in [1.82, 2.24) is 15.2 Å². The van der Waals surface area contributed by atoms with Crippen molar-refractivity contribution in [3.63, 3.8) is 0 Å². The van der Waals surface area contributed by atoms with E-state index in [0.29, 0.717) is 21.7 Å². The molecular weight excluding hydrogens is 529 g/mol. The van der Waals surface area contributed by atoms with Gasteiger partial charge in [0.05, 0.1) is 6.20 Å². The van der Waals surface area contributed by atoms with E-state index in [-0.39, 0.29) is 11.3 Å². The molecular formula is C32H39Cl2N3O2. The number of halogens is 2. The van der Waals surface area contributed by atoms with E-state index in [9.17, 15) is 4.79 Å². The Labute approximate surface area is 242 Å². The minimum Gasteiger partial charge on any atom is -0.456 e. The van der Waals surface area contributed by atoms with Gasteiger partial charge in [0, 0.05) is 35.8 Å². The Morgan fingerprint density at radius 1 is 1.00 bits per heavy atom. The summed E-state index contributed by atoms with van der Waals surface area (Å²) in [5, 5.41) is 4.16. The fraction of sp³-hybridized carbons (Fsp3) is 0.438. The molecule has 1 aromatic heterocycles. The Bertz CT molecular complexity index is 1240.